The molecule has 0 aliphatic rings. The second-order valence-electron chi connectivity index (χ2n) is 3.59. The lowest BCUT2D eigenvalue weighted by atomic mass is 10.1. The average Bonchev–Trinajstić information content (AvgIpc) is 2.26. The molecule has 0 aliphatic heterocycles. The van der Waals surface area contributed by atoms with Crippen LogP contribution in [0.25, 0.3) is 0 Å². The number of carbonyl (C=O) groups excluding carboxylic acids is 2. The molecule has 0 radical (unpaired) electrons. The van der Waals surface area contributed by atoms with Gasteiger partial charge in [-0.15, -0.1) is 24.8 Å². The molecule has 0 aliphatic carbocycles. The Hall–Kier alpha value is -0.0800. The van der Waals surface area contributed by atoms with Crippen molar-refractivity contribution in [2.45, 2.75) is 79.1 Å². The van der Waals surface area contributed by atoms with Crippen LogP contribution in [0.3, 0.4) is 0 Å². The Morgan fingerprint density at radius 1 is 0.611 bits per heavy atom. The van der Waals surface area contributed by atoms with Gasteiger partial charge in [0.1, 0.15) is 12.6 Å². The minimum Gasteiger partial charge on any atom is -0.304 e. The van der Waals surface area contributed by atoms with E-state index < -0.39 is 0 Å². The van der Waals surface area contributed by atoms with Crippen LogP contribution in [-0.4, -0.2) is 12.6 Å². The molecule has 0 N–H and O–H groups in total. The van der Waals surface area contributed by atoms with Gasteiger partial charge in [-0.2, -0.15) is 0 Å². The SMILES string of the molecule is CC=O.CC=O.CCCCCCCCCC.Cl.Cl. The molecule has 4 heteroatoms. The Balaban J connectivity index is -0.0000000603. The average molecular weight is 303 g/mol. The highest BCUT2D eigenvalue weighted by atomic mass is 35.5. The van der Waals surface area contributed by atoms with Crippen molar-refractivity contribution >= 4 is 37.4 Å². The van der Waals surface area contributed by atoms with Gasteiger partial charge in [-0.05, 0) is 13.8 Å². The lowest BCUT2D eigenvalue weighted by Gasteiger charge is -1.97. The number of hydrogen-bond donors (Lipinski definition) is 0. The molecule has 0 bridgehead atoms. The first-order chi connectivity index (χ1) is 7.74. The zero-order valence-electron chi connectivity index (χ0n) is 12.4. The van der Waals surface area contributed by atoms with Crippen molar-refractivity contribution in [2.24, 2.45) is 0 Å². The van der Waals surface area contributed by atoms with Crippen LogP contribution in [0.4, 0.5) is 0 Å². The Morgan fingerprint density at radius 3 is 0.944 bits per heavy atom. The normalized spacial score (nSPS) is 7.11. The molecular weight excluding hydrogens is 271 g/mol. The maximum Gasteiger partial charge on any atom is 0.116 e. The van der Waals surface area contributed by atoms with Crippen LogP contribution >= 0.6 is 24.8 Å². The first kappa shape index (κ1) is 30.7. The van der Waals surface area contributed by atoms with Crippen molar-refractivity contribution < 1.29 is 9.59 Å². The van der Waals surface area contributed by atoms with E-state index in [1.165, 1.54) is 65.2 Å². The second-order valence-corrected chi connectivity index (χ2v) is 3.59. The van der Waals surface area contributed by atoms with Gasteiger partial charge in [0.05, 0.1) is 0 Å². The lowest BCUT2D eigenvalue weighted by molar-refractivity contribution is -0.106. The molecule has 0 rings (SSSR count). The molecule has 0 fully saturated rings. The summed E-state index contributed by atoms with van der Waals surface area (Å²) in [5, 5.41) is 0. The number of unbranched alkanes of at least 4 members (excludes halogenated alkanes) is 7. The van der Waals surface area contributed by atoms with E-state index in [2.05, 4.69) is 13.8 Å². The first-order valence-electron chi connectivity index (χ1n) is 6.54. The van der Waals surface area contributed by atoms with E-state index in [0.717, 1.165) is 12.6 Å². The summed E-state index contributed by atoms with van der Waals surface area (Å²) in [6.45, 7) is 7.43. The number of rotatable bonds is 7. The zero-order valence-corrected chi connectivity index (χ0v) is 14.1. The standard InChI is InChI=1S/C10H22.2C2H4O.2ClH/c1-3-5-7-9-10-8-6-4-2;2*1-2-3;;/h3-10H2,1-2H3;2*2H,1H3;2*1H. The molecule has 0 saturated heterocycles. The van der Waals surface area contributed by atoms with Crippen LogP contribution in [0.5, 0.6) is 0 Å². The number of halogens is 2. The quantitative estimate of drug-likeness (QED) is 0.466. The van der Waals surface area contributed by atoms with E-state index >= 15 is 0 Å². The summed E-state index contributed by atoms with van der Waals surface area (Å²) in [4.78, 5) is 17.6. The number of aldehydes is 2. The largest absolute Gasteiger partial charge is 0.304 e. The molecule has 0 atom stereocenters. The summed E-state index contributed by atoms with van der Waals surface area (Å²) < 4.78 is 0. The maximum atomic E-state index is 8.81. The highest BCUT2D eigenvalue weighted by molar-refractivity contribution is 5.85. The van der Waals surface area contributed by atoms with Gasteiger partial charge < -0.3 is 9.59 Å². The van der Waals surface area contributed by atoms with E-state index in [4.69, 9.17) is 9.59 Å². The summed E-state index contributed by atoms with van der Waals surface area (Å²) in [5.74, 6) is 0. The molecule has 2 nitrogen and oxygen atoms in total. The summed E-state index contributed by atoms with van der Waals surface area (Å²) in [5.41, 5.74) is 0. The summed E-state index contributed by atoms with van der Waals surface area (Å²) in [6, 6.07) is 0. The highest BCUT2D eigenvalue weighted by Crippen LogP contribution is 2.07. The molecule has 0 amide bonds. The van der Waals surface area contributed by atoms with Crippen molar-refractivity contribution in [1.29, 1.82) is 0 Å². The highest BCUT2D eigenvalue weighted by Gasteiger charge is 1.87. The molecule has 0 spiro atoms. The van der Waals surface area contributed by atoms with E-state index in [-0.39, 0.29) is 24.8 Å². The van der Waals surface area contributed by atoms with Gasteiger partial charge in [-0.25, -0.2) is 0 Å². The Bertz CT molecular complexity index is 106. The van der Waals surface area contributed by atoms with Crippen molar-refractivity contribution in [3.8, 4) is 0 Å². The third kappa shape index (κ3) is 74.0. The Labute approximate surface area is 126 Å². The van der Waals surface area contributed by atoms with Gasteiger partial charge in [0.25, 0.3) is 0 Å². The lowest BCUT2D eigenvalue weighted by Crippen LogP contribution is -1.77. The van der Waals surface area contributed by atoms with Crippen LogP contribution in [0.15, 0.2) is 0 Å². The third-order valence-electron chi connectivity index (χ3n) is 1.96. The minimum atomic E-state index is 0. The topological polar surface area (TPSA) is 34.1 Å². The van der Waals surface area contributed by atoms with Gasteiger partial charge in [0.15, 0.2) is 0 Å². The van der Waals surface area contributed by atoms with Gasteiger partial charge >= 0.3 is 0 Å². The van der Waals surface area contributed by atoms with Gasteiger partial charge in [0.2, 0.25) is 0 Å². The summed E-state index contributed by atoms with van der Waals surface area (Å²) >= 11 is 0. The van der Waals surface area contributed by atoms with Crippen LogP contribution in [0, 0.1) is 0 Å². The van der Waals surface area contributed by atoms with Gasteiger partial charge in [-0.3, -0.25) is 0 Å². The van der Waals surface area contributed by atoms with Gasteiger partial charge in [0, 0.05) is 0 Å². The van der Waals surface area contributed by atoms with Crippen LogP contribution in [0.2, 0.25) is 0 Å². The summed E-state index contributed by atoms with van der Waals surface area (Å²) in [6.07, 6.45) is 13.0. The monoisotopic (exact) mass is 302 g/mol. The second kappa shape index (κ2) is 43.6. The maximum absolute atomic E-state index is 8.81. The Kier molecular flexibility index (Phi) is 74.4. The number of hydrogen-bond acceptors (Lipinski definition) is 2. The van der Waals surface area contributed by atoms with Gasteiger partial charge in [-0.1, -0.05) is 65.2 Å². The van der Waals surface area contributed by atoms with Crippen LogP contribution in [0.1, 0.15) is 79.1 Å². The summed E-state index contributed by atoms with van der Waals surface area (Å²) in [7, 11) is 0. The van der Waals surface area contributed by atoms with Crippen LogP contribution < -0.4 is 0 Å². The molecule has 0 aromatic heterocycles. The molecular formula is C14H32Cl2O2. The third-order valence-corrected chi connectivity index (χ3v) is 1.96. The molecule has 18 heavy (non-hydrogen) atoms. The zero-order chi connectivity index (χ0) is 13.1. The minimum absolute atomic E-state index is 0. The molecule has 0 aromatic rings. The smallest absolute Gasteiger partial charge is 0.116 e. The fourth-order valence-corrected chi connectivity index (χ4v) is 1.21. The fourth-order valence-electron chi connectivity index (χ4n) is 1.21. The van der Waals surface area contributed by atoms with E-state index in [9.17, 15) is 0 Å². The molecule has 114 valence electrons. The fraction of sp³-hybridized carbons (Fsp3) is 0.857. The number of carbonyl (C=O) groups is 2. The molecule has 0 saturated carbocycles. The molecule has 0 heterocycles. The molecule has 0 aromatic carbocycles. The van der Waals surface area contributed by atoms with Crippen molar-refractivity contribution in [1.82, 2.24) is 0 Å². The van der Waals surface area contributed by atoms with Crippen molar-refractivity contribution in [3.05, 3.63) is 0 Å². The van der Waals surface area contributed by atoms with Crippen molar-refractivity contribution in [3.63, 3.8) is 0 Å². The molecule has 0 unspecified atom stereocenters. The van der Waals surface area contributed by atoms with E-state index in [1.54, 1.807) is 0 Å². The van der Waals surface area contributed by atoms with E-state index in [1.807, 2.05) is 0 Å². The first-order valence-corrected chi connectivity index (χ1v) is 6.54. The van der Waals surface area contributed by atoms with Crippen LogP contribution in [-0.2, 0) is 9.59 Å². The predicted octanol–water partition coefficient (Wildman–Crippen LogP) is 5.40. The predicted molar refractivity (Wildman–Crippen MR) is 86.3 cm³/mol. The van der Waals surface area contributed by atoms with E-state index in [0.29, 0.717) is 0 Å². The van der Waals surface area contributed by atoms with Crippen molar-refractivity contribution in [2.75, 3.05) is 0 Å². The Morgan fingerprint density at radius 2 is 0.778 bits per heavy atom.